The van der Waals surface area contributed by atoms with Gasteiger partial charge in [-0.05, 0) is 12.2 Å². The molecule has 6 heavy (non-hydrogen) atoms. The van der Waals surface area contributed by atoms with Gasteiger partial charge in [0.05, 0.1) is 0 Å². The molecule has 0 aromatic heterocycles. The molecule has 0 rings (SSSR count). The van der Waals surface area contributed by atoms with E-state index in [1.807, 2.05) is 0 Å². The molecule has 0 unspecified atom stereocenters. The van der Waals surface area contributed by atoms with Crippen LogP contribution in [-0.4, -0.2) is 11.5 Å². The molecule has 0 aliphatic heterocycles. The summed E-state index contributed by atoms with van der Waals surface area (Å²) in [4.78, 5) is 0. The van der Waals surface area contributed by atoms with E-state index in [1.54, 1.807) is 0 Å². The van der Waals surface area contributed by atoms with Crippen LogP contribution in [0.15, 0.2) is 0 Å². The highest BCUT2D eigenvalue weighted by atomic mass is 32.1. The van der Waals surface area contributed by atoms with E-state index in [0.29, 0.717) is 0 Å². The first-order valence-corrected chi connectivity index (χ1v) is 3.52. The minimum absolute atomic E-state index is 0.949. The molecule has 0 aliphatic rings. The van der Waals surface area contributed by atoms with Crippen LogP contribution in [-0.2, 0) is 0 Å². The maximum absolute atomic E-state index is 5.10. The maximum Gasteiger partial charge on any atom is 0.0183 e. The Bertz CT molecular complexity index is 53.1. The van der Waals surface area contributed by atoms with Gasteiger partial charge >= 0.3 is 0 Å². The largest absolute Gasteiger partial charge is 0.179 e. The minimum atomic E-state index is 0.949. The molecule has 0 nitrogen and oxygen atoms in total. The molecule has 2 heteroatoms. The van der Waals surface area contributed by atoms with E-state index < -0.39 is 0 Å². The second kappa shape index (κ2) is 5.35. The molecular weight excluding hydrogens is 112 g/mol. The first-order chi connectivity index (χ1) is 2.91. The zero-order valence-electron chi connectivity index (χ0n) is 3.55. The number of hydrogen-bond acceptors (Lipinski definition) is 1. The van der Waals surface area contributed by atoms with Gasteiger partial charge in [-0.3, -0.25) is 0 Å². The van der Waals surface area contributed by atoms with Crippen LogP contribution >= 0.6 is 23.8 Å². The third kappa shape index (κ3) is 4.35. The topological polar surface area (TPSA) is 0 Å². The molecule has 0 aliphatic carbocycles. The summed E-state index contributed by atoms with van der Waals surface area (Å²) in [5.41, 5.74) is 5.10. The summed E-state index contributed by atoms with van der Waals surface area (Å²) < 4.78 is 0. The van der Waals surface area contributed by atoms with Gasteiger partial charge in [0, 0.05) is 5.75 Å². The summed E-state index contributed by atoms with van der Waals surface area (Å²) in [6.45, 7) is 0. The molecule has 0 saturated heterocycles. The fourth-order valence-electron chi connectivity index (χ4n) is 0.148. The van der Waals surface area contributed by atoms with Crippen LogP contribution in [0.1, 0.15) is 6.42 Å². The predicted molar refractivity (Wildman–Crippen MR) is 35.9 cm³/mol. The average molecular weight is 120 g/mol. The molecule has 0 atom stereocenters. The average Bonchev–Trinajstić information content (AvgIpc) is 1.61. The first kappa shape index (κ1) is 6.35. The summed E-state index contributed by atoms with van der Waals surface area (Å²) in [6, 6.07) is 0. The Morgan fingerprint density at radius 1 is 1.67 bits per heavy atom. The lowest BCUT2D eigenvalue weighted by molar-refractivity contribution is 1.14. The lowest BCUT2D eigenvalue weighted by atomic mass is 10.6. The quantitative estimate of drug-likeness (QED) is 0.415. The first-order valence-electron chi connectivity index (χ1n) is 1.84. The second-order valence-electron chi connectivity index (χ2n) is 0.948. The predicted octanol–water partition coefficient (Wildman–Crippen LogP) is 1.63. The van der Waals surface area contributed by atoms with Crippen LogP contribution in [0.2, 0.25) is 0 Å². The van der Waals surface area contributed by atoms with E-state index in [2.05, 4.69) is 12.6 Å². The Balaban J connectivity index is 2.54. The molecule has 0 amide bonds. The number of rotatable bonds is 2. The molecule has 0 fully saturated rings. The summed E-state index contributed by atoms with van der Waals surface area (Å²) >= 11 is 5.36. The standard InChI is InChI=1S/C4H8S2/c1-6-4-2-3-5/h1,5H,2-4H2. The fourth-order valence-corrected chi connectivity index (χ4v) is 0.831. The van der Waals surface area contributed by atoms with Crippen LogP contribution in [0.3, 0.4) is 0 Å². The zero-order valence-corrected chi connectivity index (χ0v) is 5.27. The monoisotopic (exact) mass is 120 g/mol. The molecule has 0 heterocycles. The van der Waals surface area contributed by atoms with Gasteiger partial charge in [0.15, 0.2) is 0 Å². The molecular formula is C4H8S2. The summed E-state index contributed by atoms with van der Waals surface area (Å²) in [5.74, 6) is 1.98. The van der Waals surface area contributed by atoms with Crippen molar-refractivity contribution in [3.05, 3.63) is 0 Å². The van der Waals surface area contributed by atoms with Crippen molar-refractivity contribution < 1.29 is 0 Å². The zero-order chi connectivity index (χ0) is 4.83. The van der Waals surface area contributed by atoms with Gasteiger partial charge in [0.25, 0.3) is 0 Å². The second-order valence-corrected chi connectivity index (χ2v) is 2.14. The van der Waals surface area contributed by atoms with Crippen molar-refractivity contribution in [2.75, 3.05) is 11.5 Å². The highest BCUT2D eigenvalue weighted by Crippen LogP contribution is 1.86. The van der Waals surface area contributed by atoms with Crippen LogP contribution in [0.5, 0.6) is 0 Å². The van der Waals surface area contributed by atoms with Crippen LogP contribution in [0, 0.1) is 5.69 Å². The van der Waals surface area contributed by atoms with E-state index in [1.165, 1.54) is 11.2 Å². The number of hydrogen-bond donors (Lipinski definition) is 1. The molecule has 0 aromatic rings. The normalized spacial score (nSPS) is 8.00. The molecule has 0 bridgehead atoms. The van der Waals surface area contributed by atoms with Crippen LogP contribution in [0.4, 0.5) is 0 Å². The Morgan fingerprint density at radius 3 is 2.50 bits per heavy atom. The van der Waals surface area contributed by atoms with Crippen molar-refractivity contribution in [2.45, 2.75) is 6.42 Å². The van der Waals surface area contributed by atoms with Crippen molar-refractivity contribution in [1.29, 1.82) is 0 Å². The number of thiol groups is 1. The van der Waals surface area contributed by atoms with Gasteiger partial charge in [0.2, 0.25) is 0 Å². The highest BCUT2D eigenvalue weighted by molar-refractivity contribution is 7.88. The van der Waals surface area contributed by atoms with E-state index in [-0.39, 0.29) is 0 Å². The third-order valence-electron chi connectivity index (χ3n) is 0.420. The van der Waals surface area contributed by atoms with Crippen LogP contribution < -0.4 is 0 Å². The van der Waals surface area contributed by atoms with Gasteiger partial charge in [-0.2, -0.15) is 12.6 Å². The van der Waals surface area contributed by atoms with Crippen molar-refractivity contribution >= 4 is 23.8 Å². The van der Waals surface area contributed by atoms with E-state index in [9.17, 15) is 0 Å². The van der Waals surface area contributed by atoms with E-state index in [4.69, 9.17) is 5.69 Å². The lowest BCUT2D eigenvalue weighted by Crippen LogP contribution is -1.72. The summed E-state index contributed by atoms with van der Waals surface area (Å²) in [7, 11) is 0. The smallest absolute Gasteiger partial charge is 0.0183 e. The summed E-state index contributed by atoms with van der Waals surface area (Å²) in [5, 5.41) is 0. The highest BCUT2D eigenvalue weighted by Gasteiger charge is 1.72. The maximum atomic E-state index is 5.10. The molecule has 0 radical (unpaired) electrons. The SMILES string of the molecule is C#SCCCS. The Labute approximate surface area is 48.0 Å². The molecule has 0 aromatic carbocycles. The Kier molecular flexibility index (Phi) is 5.66. The van der Waals surface area contributed by atoms with Crippen molar-refractivity contribution in [1.82, 2.24) is 0 Å². The van der Waals surface area contributed by atoms with Gasteiger partial charge in [-0.1, -0.05) is 0 Å². The van der Waals surface area contributed by atoms with E-state index in [0.717, 1.165) is 17.9 Å². The van der Waals surface area contributed by atoms with Crippen molar-refractivity contribution in [2.24, 2.45) is 0 Å². The van der Waals surface area contributed by atoms with E-state index >= 15 is 0 Å². The Hall–Kier alpha value is 0.350. The van der Waals surface area contributed by atoms with Gasteiger partial charge in [0.1, 0.15) is 0 Å². The van der Waals surface area contributed by atoms with Gasteiger partial charge < -0.3 is 0 Å². The van der Waals surface area contributed by atoms with Gasteiger partial charge in [-0.15, -0.1) is 16.9 Å². The lowest BCUT2D eigenvalue weighted by Gasteiger charge is -1.79. The molecule has 36 valence electrons. The minimum Gasteiger partial charge on any atom is -0.179 e. The molecule has 0 N–H and O–H groups in total. The third-order valence-corrected chi connectivity index (χ3v) is 1.26. The molecule has 0 spiro atoms. The molecule has 0 saturated carbocycles. The van der Waals surface area contributed by atoms with Crippen molar-refractivity contribution in [3.8, 4) is 5.69 Å². The van der Waals surface area contributed by atoms with Crippen molar-refractivity contribution in [3.63, 3.8) is 0 Å². The van der Waals surface area contributed by atoms with Gasteiger partial charge in [-0.25, -0.2) is 0 Å². The fraction of sp³-hybridized carbons (Fsp3) is 0.750. The van der Waals surface area contributed by atoms with Crippen LogP contribution in [0.25, 0.3) is 0 Å². The summed E-state index contributed by atoms with van der Waals surface area (Å²) in [6.07, 6.45) is 1.12. The Morgan fingerprint density at radius 2 is 2.33 bits per heavy atom.